The van der Waals surface area contributed by atoms with Crippen molar-refractivity contribution in [1.82, 2.24) is 19.3 Å². The Hall–Kier alpha value is -3.78. The van der Waals surface area contributed by atoms with Gasteiger partial charge in [-0.25, -0.2) is 4.98 Å². The van der Waals surface area contributed by atoms with Crippen LogP contribution in [0.5, 0.6) is 0 Å². The Kier molecular flexibility index (Phi) is 5.87. The van der Waals surface area contributed by atoms with E-state index in [2.05, 4.69) is 10.3 Å². The maximum atomic E-state index is 13.3. The number of benzene rings is 1. The molecule has 0 radical (unpaired) electrons. The average Bonchev–Trinajstić information content (AvgIpc) is 2.79. The van der Waals surface area contributed by atoms with Crippen LogP contribution in [-0.4, -0.2) is 33.6 Å². The van der Waals surface area contributed by atoms with Gasteiger partial charge in [0.15, 0.2) is 0 Å². The molecule has 0 aliphatic rings. The van der Waals surface area contributed by atoms with Crippen molar-refractivity contribution in [3.8, 4) is 0 Å². The van der Waals surface area contributed by atoms with Crippen LogP contribution in [0, 0.1) is 12.3 Å². The third-order valence-electron chi connectivity index (χ3n) is 5.54. The predicted molar refractivity (Wildman–Crippen MR) is 122 cm³/mol. The number of ether oxygens (including phenoxy) is 1. The lowest BCUT2D eigenvalue weighted by molar-refractivity contribution is 0.0937. The lowest BCUT2D eigenvalue weighted by Crippen LogP contribution is -2.36. The maximum Gasteiger partial charge on any atom is 0.267 e. The van der Waals surface area contributed by atoms with E-state index in [0.717, 1.165) is 11.1 Å². The van der Waals surface area contributed by atoms with E-state index in [1.807, 2.05) is 50.2 Å². The van der Waals surface area contributed by atoms with Crippen molar-refractivity contribution in [1.29, 1.82) is 5.41 Å². The van der Waals surface area contributed by atoms with Crippen molar-refractivity contribution in [3.63, 3.8) is 0 Å². The molecular weight excluding hydrogens is 406 g/mol. The van der Waals surface area contributed by atoms with E-state index in [1.54, 1.807) is 23.9 Å². The van der Waals surface area contributed by atoms with Crippen LogP contribution in [0.25, 0.3) is 16.7 Å². The summed E-state index contributed by atoms with van der Waals surface area (Å²) in [6, 6.07) is 14.4. The van der Waals surface area contributed by atoms with E-state index in [9.17, 15) is 9.59 Å². The highest BCUT2D eigenvalue weighted by molar-refractivity contribution is 5.97. The van der Waals surface area contributed by atoms with Crippen LogP contribution >= 0.6 is 0 Å². The summed E-state index contributed by atoms with van der Waals surface area (Å²) in [5.41, 5.74) is 2.48. The van der Waals surface area contributed by atoms with E-state index in [-0.39, 0.29) is 34.6 Å². The number of hydrogen-bond acceptors (Lipinski definition) is 5. The van der Waals surface area contributed by atoms with Crippen LogP contribution in [0.1, 0.15) is 34.5 Å². The Morgan fingerprint density at radius 1 is 1.19 bits per heavy atom. The number of methoxy groups -OCH3 is 1. The highest BCUT2D eigenvalue weighted by Crippen LogP contribution is 2.15. The van der Waals surface area contributed by atoms with Crippen molar-refractivity contribution in [3.05, 3.63) is 87.3 Å². The van der Waals surface area contributed by atoms with Gasteiger partial charge < -0.3 is 14.6 Å². The first-order chi connectivity index (χ1) is 15.4. The van der Waals surface area contributed by atoms with Gasteiger partial charge in [0.2, 0.25) is 0 Å². The van der Waals surface area contributed by atoms with Crippen molar-refractivity contribution in [2.45, 2.75) is 26.4 Å². The van der Waals surface area contributed by atoms with Gasteiger partial charge in [0.25, 0.3) is 11.5 Å². The standard InChI is InChI=1S/C24H25N5O3/c1-15-8-7-11-29-21(15)27-22-19(24(29)31)14-18(20(25)28(22)12-13-32-3)23(30)26-16(2)17-9-5-4-6-10-17/h4-11,14,16,25H,12-13H2,1-3H3,(H,26,30). The lowest BCUT2D eigenvalue weighted by Gasteiger charge is -2.17. The summed E-state index contributed by atoms with van der Waals surface area (Å²) in [4.78, 5) is 31.1. The largest absolute Gasteiger partial charge is 0.383 e. The molecule has 0 fully saturated rings. The van der Waals surface area contributed by atoms with Crippen LogP contribution in [0.15, 0.2) is 59.5 Å². The molecule has 0 saturated heterocycles. The molecule has 2 N–H and O–H groups in total. The number of fused-ring (bicyclic) bond motifs is 2. The summed E-state index contributed by atoms with van der Waals surface area (Å²) in [6.07, 6.45) is 1.66. The molecule has 8 heteroatoms. The van der Waals surface area contributed by atoms with Gasteiger partial charge in [0, 0.05) is 19.9 Å². The minimum absolute atomic E-state index is 0.0165. The topological polar surface area (TPSA) is 101 Å². The van der Waals surface area contributed by atoms with Gasteiger partial charge in [-0.2, -0.15) is 0 Å². The summed E-state index contributed by atoms with van der Waals surface area (Å²) in [7, 11) is 1.56. The molecule has 8 nitrogen and oxygen atoms in total. The number of carbonyl (C=O) groups excluding carboxylic acids is 1. The number of carbonyl (C=O) groups is 1. The second-order valence-corrected chi connectivity index (χ2v) is 7.70. The maximum absolute atomic E-state index is 13.3. The van der Waals surface area contributed by atoms with Crippen molar-refractivity contribution in [2.75, 3.05) is 13.7 Å². The van der Waals surface area contributed by atoms with Gasteiger partial charge in [0.05, 0.1) is 23.6 Å². The van der Waals surface area contributed by atoms with Gasteiger partial charge in [-0.1, -0.05) is 36.4 Å². The number of hydrogen-bond donors (Lipinski definition) is 2. The van der Waals surface area contributed by atoms with Crippen LogP contribution < -0.4 is 16.4 Å². The van der Waals surface area contributed by atoms with Crippen LogP contribution in [0.2, 0.25) is 0 Å². The minimum Gasteiger partial charge on any atom is -0.383 e. The van der Waals surface area contributed by atoms with Crippen molar-refractivity contribution >= 4 is 22.6 Å². The zero-order valence-corrected chi connectivity index (χ0v) is 18.3. The van der Waals surface area contributed by atoms with Crippen LogP contribution in [-0.2, 0) is 11.3 Å². The molecule has 0 bridgehead atoms. The number of aromatic nitrogens is 3. The zero-order chi connectivity index (χ0) is 22.8. The van der Waals surface area contributed by atoms with Gasteiger partial charge in [-0.3, -0.25) is 19.4 Å². The molecule has 32 heavy (non-hydrogen) atoms. The van der Waals surface area contributed by atoms with E-state index in [1.165, 1.54) is 10.5 Å². The first-order valence-electron chi connectivity index (χ1n) is 10.4. The molecule has 4 rings (SSSR count). The van der Waals surface area contributed by atoms with E-state index in [0.29, 0.717) is 17.9 Å². The molecule has 4 aromatic rings. The second-order valence-electron chi connectivity index (χ2n) is 7.70. The Bertz CT molecular complexity index is 1420. The molecule has 1 unspecified atom stereocenters. The second kappa shape index (κ2) is 8.76. The molecule has 0 aliphatic carbocycles. The van der Waals surface area contributed by atoms with Crippen molar-refractivity contribution in [2.24, 2.45) is 0 Å². The Labute approximate surface area is 184 Å². The normalized spacial score (nSPS) is 12.2. The first-order valence-corrected chi connectivity index (χ1v) is 10.4. The molecule has 164 valence electrons. The van der Waals surface area contributed by atoms with Gasteiger partial charge >= 0.3 is 0 Å². The van der Waals surface area contributed by atoms with E-state index >= 15 is 0 Å². The third kappa shape index (κ3) is 3.80. The Morgan fingerprint density at radius 3 is 2.66 bits per heavy atom. The number of nitrogens with one attached hydrogen (secondary N) is 2. The first kappa shape index (κ1) is 21.5. The van der Waals surface area contributed by atoms with Crippen LogP contribution in [0.3, 0.4) is 0 Å². The summed E-state index contributed by atoms with van der Waals surface area (Å²) in [5.74, 6) is -0.423. The molecule has 1 atom stereocenters. The summed E-state index contributed by atoms with van der Waals surface area (Å²) in [6.45, 7) is 4.35. The number of pyridine rings is 2. The van der Waals surface area contributed by atoms with Crippen molar-refractivity contribution < 1.29 is 9.53 Å². The fourth-order valence-electron chi connectivity index (χ4n) is 3.77. The molecule has 0 aliphatic heterocycles. The molecule has 0 saturated carbocycles. The summed E-state index contributed by atoms with van der Waals surface area (Å²) in [5, 5.41) is 11.9. The fourth-order valence-corrected chi connectivity index (χ4v) is 3.77. The number of nitrogens with zero attached hydrogens (tertiary/aromatic N) is 3. The highest BCUT2D eigenvalue weighted by atomic mass is 16.5. The smallest absolute Gasteiger partial charge is 0.267 e. The lowest BCUT2D eigenvalue weighted by atomic mass is 10.1. The summed E-state index contributed by atoms with van der Waals surface area (Å²) >= 11 is 0. The monoisotopic (exact) mass is 431 g/mol. The summed E-state index contributed by atoms with van der Waals surface area (Å²) < 4.78 is 8.23. The van der Waals surface area contributed by atoms with E-state index in [4.69, 9.17) is 10.1 Å². The van der Waals surface area contributed by atoms with Gasteiger partial charge in [-0.15, -0.1) is 0 Å². The third-order valence-corrected chi connectivity index (χ3v) is 5.54. The fraction of sp³-hybridized carbons (Fsp3) is 0.250. The molecule has 1 aromatic carbocycles. The van der Waals surface area contributed by atoms with Crippen LogP contribution in [0.4, 0.5) is 0 Å². The molecular formula is C24H25N5O3. The molecule has 3 heterocycles. The van der Waals surface area contributed by atoms with Gasteiger partial charge in [0.1, 0.15) is 16.8 Å². The quantitative estimate of drug-likeness (QED) is 0.458. The molecule has 3 aromatic heterocycles. The number of aryl methyl sites for hydroxylation is 1. The minimum atomic E-state index is -0.423. The zero-order valence-electron chi connectivity index (χ0n) is 18.3. The number of amides is 1. The molecule has 1 amide bonds. The Balaban J connectivity index is 1.89. The highest BCUT2D eigenvalue weighted by Gasteiger charge is 2.19. The predicted octanol–water partition coefficient (Wildman–Crippen LogP) is 2.57. The van der Waals surface area contributed by atoms with Gasteiger partial charge in [-0.05, 0) is 37.1 Å². The van der Waals surface area contributed by atoms with E-state index < -0.39 is 5.91 Å². The average molecular weight is 431 g/mol. The number of rotatable bonds is 6. The molecule has 0 spiro atoms. The SMILES string of the molecule is COCCn1c(=N)c(C(=O)NC(C)c2ccccc2)cc2c(=O)n3cccc(C)c3nc21. The Morgan fingerprint density at radius 2 is 1.94 bits per heavy atom.